The number of halogens is 3. The Morgan fingerprint density at radius 3 is 2.59 bits per heavy atom. The van der Waals surface area contributed by atoms with Gasteiger partial charge in [0.2, 0.25) is 0 Å². The lowest BCUT2D eigenvalue weighted by molar-refractivity contribution is 0.382. The fraction of sp³-hybridized carbons (Fsp3) is 0.500. The average Bonchev–Trinajstić information content (AvgIpc) is 2.35. The van der Waals surface area contributed by atoms with Crippen LogP contribution in [0.2, 0.25) is 0 Å². The van der Waals surface area contributed by atoms with Crippen LogP contribution in [0.3, 0.4) is 0 Å². The first kappa shape index (κ1) is 12.8. The van der Waals surface area contributed by atoms with Crippen molar-refractivity contribution in [3.63, 3.8) is 0 Å². The highest BCUT2D eigenvalue weighted by Gasteiger charge is 2.24. The zero-order valence-electron chi connectivity index (χ0n) is 9.53. The predicted octanol–water partition coefficient (Wildman–Crippen LogP) is 3.64. The van der Waals surface area contributed by atoms with E-state index in [0.717, 1.165) is 37.2 Å². The molecule has 1 fully saturated rings. The molecule has 5 heteroatoms. The van der Waals surface area contributed by atoms with E-state index >= 15 is 0 Å². The van der Waals surface area contributed by atoms with Crippen molar-refractivity contribution < 1.29 is 13.2 Å². The van der Waals surface area contributed by atoms with Crippen molar-refractivity contribution in [2.24, 2.45) is 0 Å². The van der Waals surface area contributed by atoms with Crippen LogP contribution in [-0.4, -0.2) is 12.8 Å². The molecule has 17 heavy (non-hydrogen) atoms. The van der Waals surface area contributed by atoms with Crippen molar-refractivity contribution in [2.75, 3.05) is 12.8 Å². The van der Waals surface area contributed by atoms with E-state index in [-0.39, 0.29) is 16.5 Å². The zero-order valence-corrected chi connectivity index (χ0v) is 10.3. The molecule has 1 atom stereocenters. The maximum Gasteiger partial charge on any atom is 0.175 e. The standard InChI is InChI=1S/C12H14F3NS/c1-17-12-8(13)6-7(10(14)11(12)15)9-4-2-3-5-16-9/h6,9,16H,2-5H2,1H3. The van der Waals surface area contributed by atoms with Crippen molar-refractivity contribution in [3.8, 4) is 0 Å². The molecule has 2 rings (SSSR count). The molecule has 1 heterocycles. The van der Waals surface area contributed by atoms with Gasteiger partial charge in [-0.25, -0.2) is 13.2 Å². The maximum absolute atomic E-state index is 13.8. The van der Waals surface area contributed by atoms with Crippen LogP contribution in [0.4, 0.5) is 13.2 Å². The van der Waals surface area contributed by atoms with Gasteiger partial charge in [0.05, 0.1) is 4.90 Å². The summed E-state index contributed by atoms with van der Waals surface area (Å²) < 4.78 is 41.0. The van der Waals surface area contributed by atoms with E-state index in [2.05, 4.69) is 5.32 Å². The first-order valence-electron chi connectivity index (χ1n) is 5.60. The molecular formula is C12H14F3NS. The predicted molar refractivity (Wildman–Crippen MR) is 62.7 cm³/mol. The van der Waals surface area contributed by atoms with Gasteiger partial charge in [0.15, 0.2) is 11.6 Å². The summed E-state index contributed by atoms with van der Waals surface area (Å²) >= 11 is 0.881. The van der Waals surface area contributed by atoms with E-state index < -0.39 is 17.5 Å². The van der Waals surface area contributed by atoms with Gasteiger partial charge in [-0.05, 0) is 31.7 Å². The van der Waals surface area contributed by atoms with E-state index in [0.29, 0.717) is 6.42 Å². The number of piperidine rings is 1. The van der Waals surface area contributed by atoms with E-state index in [1.807, 2.05) is 0 Å². The Hall–Kier alpha value is -0.680. The largest absolute Gasteiger partial charge is 0.310 e. The Morgan fingerprint density at radius 1 is 1.24 bits per heavy atom. The second kappa shape index (κ2) is 5.31. The average molecular weight is 261 g/mol. The molecule has 1 aliphatic heterocycles. The van der Waals surface area contributed by atoms with Gasteiger partial charge in [0.25, 0.3) is 0 Å². The quantitative estimate of drug-likeness (QED) is 0.644. The molecule has 0 spiro atoms. The summed E-state index contributed by atoms with van der Waals surface area (Å²) in [6.45, 7) is 0.762. The summed E-state index contributed by atoms with van der Waals surface area (Å²) in [6.07, 6.45) is 4.21. The van der Waals surface area contributed by atoms with Gasteiger partial charge in [-0.3, -0.25) is 0 Å². The molecule has 0 radical (unpaired) electrons. The minimum absolute atomic E-state index is 0.109. The van der Waals surface area contributed by atoms with Gasteiger partial charge in [-0.1, -0.05) is 6.42 Å². The number of rotatable bonds is 2. The fourth-order valence-corrected chi connectivity index (χ4v) is 2.68. The van der Waals surface area contributed by atoms with Crippen LogP contribution in [0.25, 0.3) is 0 Å². The monoisotopic (exact) mass is 261 g/mol. The van der Waals surface area contributed by atoms with Crippen LogP contribution in [0.15, 0.2) is 11.0 Å². The number of hydrogen-bond acceptors (Lipinski definition) is 2. The molecule has 1 aromatic rings. The molecule has 94 valence electrons. The zero-order chi connectivity index (χ0) is 12.4. The van der Waals surface area contributed by atoms with Gasteiger partial charge in [-0.2, -0.15) is 0 Å². The lowest BCUT2D eigenvalue weighted by Crippen LogP contribution is -2.28. The van der Waals surface area contributed by atoms with Gasteiger partial charge < -0.3 is 5.32 Å². The molecule has 0 saturated carbocycles. The van der Waals surface area contributed by atoms with Crippen LogP contribution >= 0.6 is 11.8 Å². The normalized spacial score (nSPS) is 20.6. The van der Waals surface area contributed by atoms with Gasteiger partial charge in [-0.15, -0.1) is 11.8 Å². The van der Waals surface area contributed by atoms with Crippen molar-refractivity contribution in [1.82, 2.24) is 5.32 Å². The van der Waals surface area contributed by atoms with E-state index in [4.69, 9.17) is 0 Å². The summed E-state index contributed by atoms with van der Waals surface area (Å²) in [5.74, 6) is -2.67. The molecule has 0 amide bonds. The van der Waals surface area contributed by atoms with E-state index in [1.54, 1.807) is 0 Å². The van der Waals surface area contributed by atoms with Crippen molar-refractivity contribution in [3.05, 3.63) is 29.1 Å². The number of nitrogens with one attached hydrogen (secondary N) is 1. The minimum atomic E-state index is -1.07. The Bertz CT molecular complexity index is 417. The smallest absolute Gasteiger partial charge is 0.175 e. The Balaban J connectivity index is 2.40. The Kier molecular flexibility index (Phi) is 3.99. The number of thioether (sulfide) groups is 1. The SMILES string of the molecule is CSc1c(F)cc(C2CCCCN2)c(F)c1F. The van der Waals surface area contributed by atoms with Crippen molar-refractivity contribution >= 4 is 11.8 Å². The molecule has 0 aliphatic carbocycles. The number of benzene rings is 1. The molecule has 0 aromatic heterocycles. The van der Waals surface area contributed by atoms with Gasteiger partial charge in [0, 0.05) is 11.6 Å². The summed E-state index contributed by atoms with van der Waals surface area (Å²) in [7, 11) is 0. The molecule has 1 saturated heterocycles. The Labute approximate surface area is 103 Å². The molecule has 1 aliphatic rings. The number of hydrogen-bond donors (Lipinski definition) is 1. The summed E-state index contributed by atoms with van der Waals surface area (Å²) in [6, 6.07) is 0.844. The van der Waals surface area contributed by atoms with Crippen molar-refractivity contribution in [2.45, 2.75) is 30.2 Å². The third kappa shape index (κ3) is 2.45. The summed E-state index contributed by atoms with van der Waals surface area (Å²) in [5.41, 5.74) is 0.109. The first-order valence-corrected chi connectivity index (χ1v) is 6.82. The van der Waals surface area contributed by atoms with Crippen LogP contribution < -0.4 is 5.32 Å². The summed E-state index contributed by atoms with van der Waals surface area (Å²) in [4.78, 5) is -0.248. The Morgan fingerprint density at radius 2 is 2.00 bits per heavy atom. The molecular weight excluding hydrogens is 247 g/mol. The molecule has 1 nitrogen and oxygen atoms in total. The lowest BCUT2D eigenvalue weighted by atomic mass is 9.97. The van der Waals surface area contributed by atoms with Gasteiger partial charge >= 0.3 is 0 Å². The topological polar surface area (TPSA) is 12.0 Å². The fourth-order valence-electron chi connectivity index (χ4n) is 2.15. The molecule has 1 unspecified atom stereocenters. The van der Waals surface area contributed by atoms with E-state index in [9.17, 15) is 13.2 Å². The van der Waals surface area contributed by atoms with Crippen LogP contribution in [0.1, 0.15) is 30.9 Å². The second-order valence-corrected chi connectivity index (χ2v) is 4.93. The third-order valence-corrected chi connectivity index (χ3v) is 3.82. The van der Waals surface area contributed by atoms with Crippen LogP contribution in [-0.2, 0) is 0 Å². The first-order chi connectivity index (χ1) is 8.15. The van der Waals surface area contributed by atoms with Crippen LogP contribution in [0.5, 0.6) is 0 Å². The van der Waals surface area contributed by atoms with Crippen molar-refractivity contribution in [1.29, 1.82) is 0 Å². The molecule has 0 bridgehead atoms. The minimum Gasteiger partial charge on any atom is -0.310 e. The lowest BCUT2D eigenvalue weighted by Gasteiger charge is -2.24. The maximum atomic E-state index is 13.8. The highest BCUT2D eigenvalue weighted by molar-refractivity contribution is 7.98. The highest BCUT2D eigenvalue weighted by atomic mass is 32.2. The summed E-state index contributed by atoms with van der Waals surface area (Å²) in [5, 5.41) is 3.09. The van der Waals surface area contributed by atoms with Gasteiger partial charge in [0.1, 0.15) is 5.82 Å². The molecule has 1 N–H and O–H groups in total. The third-order valence-electron chi connectivity index (χ3n) is 3.03. The second-order valence-electron chi connectivity index (χ2n) is 4.11. The highest BCUT2D eigenvalue weighted by Crippen LogP contribution is 2.32. The van der Waals surface area contributed by atoms with Crippen LogP contribution in [0, 0.1) is 17.5 Å². The molecule has 1 aromatic carbocycles. The van der Waals surface area contributed by atoms with E-state index in [1.165, 1.54) is 6.26 Å².